The first-order valence-corrected chi connectivity index (χ1v) is 5.63. The highest BCUT2D eigenvalue weighted by molar-refractivity contribution is 6.00. The Balaban J connectivity index is 2.38. The number of para-hydroxylation sites is 1. The molecule has 2 heteroatoms. The molecule has 2 N–H and O–H groups in total. The zero-order valence-corrected chi connectivity index (χ0v) is 10.1. The molecule has 2 nitrogen and oxygen atoms in total. The number of anilines is 1. The molecule has 0 aliphatic rings. The molecule has 17 heavy (non-hydrogen) atoms. The van der Waals surface area contributed by atoms with Crippen LogP contribution in [0.2, 0.25) is 0 Å². The van der Waals surface area contributed by atoms with Crippen LogP contribution in [-0.4, -0.2) is 5.71 Å². The molecule has 0 heterocycles. The summed E-state index contributed by atoms with van der Waals surface area (Å²) < 4.78 is 0. The van der Waals surface area contributed by atoms with Crippen molar-refractivity contribution >= 4 is 17.1 Å². The van der Waals surface area contributed by atoms with E-state index in [1.54, 1.807) is 0 Å². The fraction of sp³-hybridized carbons (Fsp3) is 0.133. The third-order valence-electron chi connectivity index (χ3n) is 2.71. The van der Waals surface area contributed by atoms with Crippen molar-refractivity contribution in [2.45, 2.75) is 13.8 Å². The second kappa shape index (κ2) is 4.83. The average Bonchev–Trinajstić information content (AvgIpc) is 2.32. The van der Waals surface area contributed by atoms with E-state index in [-0.39, 0.29) is 0 Å². The first kappa shape index (κ1) is 11.4. The second-order valence-electron chi connectivity index (χ2n) is 4.11. The maximum Gasteiger partial charge on any atom is 0.0662 e. The van der Waals surface area contributed by atoms with Gasteiger partial charge in [0.15, 0.2) is 0 Å². The molecule has 0 amide bonds. The number of nitrogen functional groups attached to an aromatic ring is 1. The van der Waals surface area contributed by atoms with Gasteiger partial charge in [-0.15, -0.1) is 0 Å². The number of hydrogen-bond acceptors (Lipinski definition) is 2. The number of benzene rings is 2. The maximum absolute atomic E-state index is 5.76. The minimum absolute atomic E-state index is 0.766. The van der Waals surface area contributed by atoms with Crippen LogP contribution in [-0.2, 0) is 0 Å². The Morgan fingerprint density at radius 1 is 1.06 bits per heavy atom. The quantitative estimate of drug-likeness (QED) is 0.612. The largest absolute Gasteiger partial charge is 0.399 e. The molecule has 0 aliphatic carbocycles. The highest BCUT2D eigenvalue weighted by Gasteiger charge is 1.99. The van der Waals surface area contributed by atoms with Gasteiger partial charge in [-0.25, -0.2) is 0 Å². The number of aryl methyl sites for hydroxylation is 1. The van der Waals surface area contributed by atoms with Gasteiger partial charge < -0.3 is 5.73 Å². The van der Waals surface area contributed by atoms with E-state index in [9.17, 15) is 0 Å². The normalized spacial score (nSPS) is 11.5. The van der Waals surface area contributed by atoms with Gasteiger partial charge in [-0.2, -0.15) is 0 Å². The highest BCUT2D eigenvalue weighted by Crippen LogP contribution is 2.19. The fourth-order valence-corrected chi connectivity index (χ4v) is 1.70. The average molecular weight is 224 g/mol. The van der Waals surface area contributed by atoms with Gasteiger partial charge in [0.05, 0.1) is 5.69 Å². The Bertz CT molecular complexity index is 556. The lowest BCUT2D eigenvalue weighted by molar-refractivity contribution is 1.38. The molecule has 0 bridgehead atoms. The predicted molar refractivity (Wildman–Crippen MR) is 73.9 cm³/mol. The molecule has 0 radical (unpaired) electrons. The molecule has 2 aromatic rings. The molecular weight excluding hydrogens is 208 g/mol. The molecule has 2 rings (SSSR count). The van der Waals surface area contributed by atoms with Crippen molar-refractivity contribution in [2.24, 2.45) is 4.99 Å². The van der Waals surface area contributed by atoms with E-state index in [1.165, 1.54) is 5.56 Å². The van der Waals surface area contributed by atoms with Crippen molar-refractivity contribution in [3.8, 4) is 0 Å². The Morgan fingerprint density at radius 2 is 1.82 bits per heavy atom. The summed E-state index contributed by atoms with van der Waals surface area (Å²) in [6, 6.07) is 15.9. The van der Waals surface area contributed by atoms with E-state index in [2.05, 4.69) is 18.0 Å². The molecule has 0 aromatic heterocycles. The monoisotopic (exact) mass is 224 g/mol. The lowest BCUT2D eigenvalue weighted by Gasteiger charge is -2.04. The van der Waals surface area contributed by atoms with Gasteiger partial charge in [-0.1, -0.05) is 30.3 Å². The maximum atomic E-state index is 5.76. The summed E-state index contributed by atoms with van der Waals surface area (Å²) in [6.07, 6.45) is 0. The molecule has 0 atom stereocenters. The van der Waals surface area contributed by atoms with Crippen LogP contribution in [0.1, 0.15) is 18.1 Å². The lowest BCUT2D eigenvalue weighted by Crippen LogP contribution is -1.96. The fourth-order valence-electron chi connectivity index (χ4n) is 1.70. The van der Waals surface area contributed by atoms with Crippen LogP contribution in [0, 0.1) is 6.92 Å². The standard InChI is InChI=1S/C15H16N2/c1-11-6-3-4-9-15(11)17-12(2)13-7-5-8-14(16)10-13/h3-10H,16H2,1-2H3. The number of nitrogens with two attached hydrogens (primary N) is 1. The molecule has 0 saturated carbocycles. The number of nitrogens with zero attached hydrogens (tertiary/aromatic N) is 1. The molecule has 86 valence electrons. The molecule has 2 aromatic carbocycles. The van der Waals surface area contributed by atoms with E-state index in [1.807, 2.05) is 49.4 Å². The Morgan fingerprint density at radius 3 is 2.53 bits per heavy atom. The zero-order chi connectivity index (χ0) is 12.3. The predicted octanol–water partition coefficient (Wildman–Crippen LogP) is 3.72. The summed E-state index contributed by atoms with van der Waals surface area (Å²) >= 11 is 0. The number of aliphatic imine (C=N–C) groups is 1. The van der Waals surface area contributed by atoms with Crippen molar-refractivity contribution in [3.63, 3.8) is 0 Å². The molecule has 0 saturated heterocycles. The van der Waals surface area contributed by atoms with E-state index in [4.69, 9.17) is 5.73 Å². The van der Waals surface area contributed by atoms with Crippen LogP contribution in [0.4, 0.5) is 11.4 Å². The molecular formula is C15H16N2. The Kier molecular flexibility index (Phi) is 3.24. The first-order valence-electron chi connectivity index (χ1n) is 5.63. The zero-order valence-electron chi connectivity index (χ0n) is 10.1. The summed E-state index contributed by atoms with van der Waals surface area (Å²) in [5.74, 6) is 0. The molecule has 0 fully saturated rings. The van der Waals surface area contributed by atoms with Crippen LogP contribution >= 0.6 is 0 Å². The van der Waals surface area contributed by atoms with Gasteiger partial charge in [0.25, 0.3) is 0 Å². The van der Waals surface area contributed by atoms with Gasteiger partial charge in [0, 0.05) is 11.4 Å². The van der Waals surface area contributed by atoms with Crippen LogP contribution in [0.3, 0.4) is 0 Å². The lowest BCUT2D eigenvalue weighted by atomic mass is 10.1. The van der Waals surface area contributed by atoms with Gasteiger partial charge in [0.2, 0.25) is 0 Å². The topological polar surface area (TPSA) is 38.4 Å². The summed E-state index contributed by atoms with van der Waals surface area (Å²) in [5.41, 5.74) is 10.8. The van der Waals surface area contributed by atoms with Crippen molar-refractivity contribution in [2.75, 3.05) is 5.73 Å². The molecule has 0 aliphatic heterocycles. The van der Waals surface area contributed by atoms with Crippen molar-refractivity contribution in [1.82, 2.24) is 0 Å². The summed E-state index contributed by atoms with van der Waals surface area (Å²) in [6.45, 7) is 4.06. The highest BCUT2D eigenvalue weighted by atomic mass is 14.7. The van der Waals surface area contributed by atoms with Gasteiger partial charge in [-0.05, 0) is 43.2 Å². The molecule has 0 spiro atoms. The van der Waals surface area contributed by atoms with Crippen LogP contribution in [0.5, 0.6) is 0 Å². The van der Waals surface area contributed by atoms with E-state index in [0.717, 1.165) is 22.6 Å². The Hall–Kier alpha value is -2.09. The van der Waals surface area contributed by atoms with Crippen molar-refractivity contribution in [3.05, 3.63) is 59.7 Å². The van der Waals surface area contributed by atoms with Crippen LogP contribution in [0.25, 0.3) is 0 Å². The third-order valence-corrected chi connectivity index (χ3v) is 2.71. The number of hydrogen-bond donors (Lipinski definition) is 1. The second-order valence-corrected chi connectivity index (χ2v) is 4.11. The van der Waals surface area contributed by atoms with Crippen LogP contribution in [0.15, 0.2) is 53.5 Å². The van der Waals surface area contributed by atoms with Crippen LogP contribution < -0.4 is 5.73 Å². The van der Waals surface area contributed by atoms with Crippen molar-refractivity contribution in [1.29, 1.82) is 0 Å². The Labute approximate surface area is 102 Å². The van der Waals surface area contributed by atoms with Gasteiger partial charge in [-0.3, -0.25) is 4.99 Å². The minimum atomic E-state index is 0.766. The van der Waals surface area contributed by atoms with Crippen molar-refractivity contribution < 1.29 is 0 Å². The molecule has 0 unspecified atom stereocenters. The minimum Gasteiger partial charge on any atom is -0.399 e. The third kappa shape index (κ3) is 2.72. The summed E-state index contributed by atoms with van der Waals surface area (Å²) in [5, 5.41) is 0. The van der Waals surface area contributed by atoms with Gasteiger partial charge in [0.1, 0.15) is 0 Å². The van der Waals surface area contributed by atoms with E-state index in [0.29, 0.717) is 0 Å². The first-order chi connectivity index (χ1) is 8.16. The van der Waals surface area contributed by atoms with E-state index < -0.39 is 0 Å². The number of rotatable bonds is 2. The van der Waals surface area contributed by atoms with E-state index >= 15 is 0 Å². The summed E-state index contributed by atoms with van der Waals surface area (Å²) in [4.78, 5) is 4.63. The SMILES string of the molecule is CC(=Nc1ccccc1C)c1cccc(N)c1. The smallest absolute Gasteiger partial charge is 0.0662 e. The summed E-state index contributed by atoms with van der Waals surface area (Å²) in [7, 11) is 0. The van der Waals surface area contributed by atoms with Gasteiger partial charge >= 0.3 is 0 Å².